The van der Waals surface area contributed by atoms with Crippen LogP contribution in [0.15, 0.2) is 53.5 Å². The SMILES string of the molecule is CN=C(NCCc1ccc(F)cc1)NCc1cccc(OCCN(C)C2CCOCC2)c1. The molecule has 0 aromatic heterocycles. The molecule has 1 aliphatic heterocycles. The number of aliphatic imine (C=N–C) groups is 1. The van der Waals surface area contributed by atoms with E-state index in [1.54, 1.807) is 19.2 Å². The van der Waals surface area contributed by atoms with Crippen LogP contribution in [0.1, 0.15) is 24.0 Å². The predicted molar refractivity (Wildman–Crippen MR) is 127 cm³/mol. The zero-order valence-electron chi connectivity index (χ0n) is 19.1. The van der Waals surface area contributed by atoms with E-state index in [1.807, 2.05) is 12.1 Å². The molecule has 0 radical (unpaired) electrons. The maximum Gasteiger partial charge on any atom is 0.191 e. The van der Waals surface area contributed by atoms with Crippen molar-refractivity contribution in [2.45, 2.75) is 31.8 Å². The zero-order valence-corrected chi connectivity index (χ0v) is 19.1. The van der Waals surface area contributed by atoms with Crippen LogP contribution >= 0.6 is 0 Å². The Balaban J connectivity index is 1.37. The fraction of sp³-hybridized carbons (Fsp3) is 0.480. The third kappa shape index (κ3) is 8.13. The molecule has 0 amide bonds. The molecule has 0 aliphatic carbocycles. The molecule has 32 heavy (non-hydrogen) atoms. The Kier molecular flexibility index (Phi) is 9.78. The van der Waals surface area contributed by atoms with Crippen LogP contribution in [0, 0.1) is 5.82 Å². The Morgan fingerprint density at radius 3 is 2.66 bits per heavy atom. The van der Waals surface area contributed by atoms with Crippen LogP contribution in [-0.2, 0) is 17.7 Å². The summed E-state index contributed by atoms with van der Waals surface area (Å²) < 4.78 is 24.4. The third-order valence-corrected chi connectivity index (χ3v) is 5.73. The van der Waals surface area contributed by atoms with Crippen molar-refractivity contribution in [2.75, 3.05) is 47.0 Å². The molecule has 0 spiro atoms. The number of halogens is 1. The number of benzene rings is 2. The second kappa shape index (κ2) is 13.0. The molecule has 0 bridgehead atoms. The summed E-state index contributed by atoms with van der Waals surface area (Å²) in [6.45, 7) is 4.64. The van der Waals surface area contributed by atoms with Crippen molar-refractivity contribution in [3.63, 3.8) is 0 Å². The number of likely N-dealkylation sites (N-methyl/N-ethyl adjacent to an activating group) is 1. The second-order valence-corrected chi connectivity index (χ2v) is 8.05. The summed E-state index contributed by atoms with van der Waals surface area (Å²) in [5.41, 5.74) is 2.21. The lowest BCUT2D eigenvalue weighted by atomic mass is 10.1. The van der Waals surface area contributed by atoms with Gasteiger partial charge in [0.25, 0.3) is 0 Å². The molecule has 0 atom stereocenters. The number of hydrogen-bond donors (Lipinski definition) is 2. The number of nitrogens with zero attached hydrogens (tertiary/aromatic N) is 2. The van der Waals surface area contributed by atoms with Crippen molar-refractivity contribution in [1.29, 1.82) is 0 Å². The van der Waals surface area contributed by atoms with Gasteiger partial charge < -0.3 is 20.1 Å². The number of hydrogen-bond acceptors (Lipinski definition) is 4. The summed E-state index contributed by atoms with van der Waals surface area (Å²) in [7, 11) is 3.91. The van der Waals surface area contributed by atoms with E-state index < -0.39 is 0 Å². The lowest BCUT2D eigenvalue weighted by Gasteiger charge is -2.31. The molecule has 6 nitrogen and oxygen atoms in total. The van der Waals surface area contributed by atoms with Crippen LogP contribution in [-0.4, -0.2) is 63.9 Å². The van der Waals surface area contributed by atoms with Crippen molar-refractivity contribution in [3.8, 4) is 5.75 Å². The van der Waals surface area contributed by atoms with E-state index in [0.29, 0.717) is 19.2 Å². The molecule has 1 saturated heterocycles. The zero-order chi connectivity index (χ0) is 22.6. The van der Waals surface area contributed by atoms with E-state index in [-0.39, 0.29) is 5.82 Å². The average Bonchev–Trinajstić information content (AvgIpc) is 2.83. The molecule has 1 fully saturated rings. The van der Waals surface area contributed by atoms with E-state index in [1.165, 1.54) is 12.1 Å². The van der Waals surface area contributed by atoms with Gasteiger partial charge >= 0.3 is 0 Å². The Morgan fingerprint density at radius 2 is 1.91 bits per heavy atom. The van der Waals surface area contributed by atoms with Gasteiger partial charge in [0.1, 0.15) is 18.2 Å². The predicted octanol–water partition coefficient (Wildman–Crippen LogP) is 3.22. The molecular weight excluding hydrogens is 407 g/mol. The second-order valence-electron chi connectivity index (χ2n) is 8.05. The Bertz CT molecular complexity index is 838. The van der Waals surface area contributed by atoms with Crippen LogP contribution in [0.2, 0.25) is 0 Å². The Morgan fingerprint density at radius 1 is 1.12 bits per heavy atom. The highest BCUT2D eigenvalue weighted by molar-refractivity contribution is 5.79. The first-order valence-electron chi connectivity index (χ1n) is 11.3. The molecule has 2 N–H and O–H groups in total. The summed E-state index contributed by atoms with van der Waals surface area (Å²) in [6, 6.07) is 15.3. The smallest absolute Gasteiger partial charge is 0.191 e. The highest BCUT2D eigenvalue weighted by Gasteiger charge is 2.17. The van der Waals surface area contributed by atoms with Crippen LogP contribution in [0.5, 0.6) is 5.75 Å². The van der Waals surface area contributed by atoms with Gasteiger partial charge in [0.2, 0.25) is 0 Å². The minimum Gasteiger partial charge on any atom is -0.492 e. The van der Waals surface area contributed by atoms with Crippen LogP contribution in [0.4, 0.5) is 4.39 Å². The highest BCUT2D eigenvalue weighted by Crippen LogP contribution is 2.15. The van der Waals surface area contributed by atoms with E-state index in [9.17, 15) is 4.39 Å². The van der Waals surface area contributed by atoms with Crippen LogP contribution in [0.25, 0.3) is 0 Å². The van der Waals surface area contributed by atoms with Gasteiger partial charge in [-0.25, -0.2) is 4.39 Å². The molecule has 2 aromatic rings. The number of rotatable bonds is 10. The first kappa shape index (κ1) is 24.0. The van der Waals surface area contributed by atoms with Gasteiger partial charge in [-0.1, -0.05) is 24.3 Å². The van der Waals surface area contributed by atoms with E-state index in [4.69, 9.17) is 9.47 Å². The van der Waals surface area contributed by atoms with Gasteiger partial charge in [0.15, 0.2) is 5.96 Å². The summed E-state index contributed by atoms with van der Waals surface area (Å²) >= 11 is 0. The summed E-state index contributed by atoms with van der Waals surface area (Å²) in [5, 5.41) is 6.62. The highest BCUT2D eigenvalue weighted by atomic mass is 19.1. The minimum atomic E-state index is -0.211. The maximum absolute atomic E-state index is 13.0. The van der Waals surface area contributed by atoms with Crippen LogP contribution < -0.4 is 15.4 Å². The normalized spacial score (nSPS) is 15.1. The largest absolute Gasteiger partial charge is 0.492 e. The van der Waals surface area contributed by atoms with E-state index in [2.05, 4.69) is 39.7 Å². The molecule has 2 aromatic carbocycles. The van der Waals surface area contributed by atoms with Gasteiger partial charge in [-0.15, -0.1) is 0 Å². The summed E-state index contributed by atoms with van der Waals surface area (Å²) in [5.74, 6) is 1.40. The molecular formula is C25H35FN4O2. The van der Waals surface area contributed by atoms with Gasteiger partial charge in [-0.3, -0.25) is 9.89 Å². The topological polar surface area (TPSA) is 58.1 Å². The summed E-state index contributed by atoms with van der Waals surface area (Å²) in [6.07, 6.45) is 2.99. The van der Waals surface area contributed by atoms with Crippen molar-refractivity contribution in [1.82, 2.24) is 15.5 Å². The van der Waals surface area contributed by atoms with Gasteiger partial charge in [-0.05, 0) is 61.7 Å². The fourth-order valence-electron chi connectivity index (χ4n) is 3.74. The number of guanidine groups is 1. The van der Waals surface area contributed by atoms with Gasteiger partial charge in [0, 0.05) is 45.9 Å². The molecule has 3 rings (SSSR count). The molecule has 7 heteroatoms. The number of ether oxygens (including phenoxy) is 2. The maximum atomic E-state index is 13.0. The summed E-state index contributed by atoms with van der Waals surface area (Å²) in [4.78, 5) is 6.64. The van der Waals surface area contributed by atoms with Crippen LogP contribution in [0.3, 0.4) is 0 Å². The molecule has 0 saturated carbocycles. The van der Waals surface area contributed by atoms with E-state index in [0.717, 1.165) is 68.4 Å². The Labute approximate surface area is 190 Å². The third-order valence-electron chi connectivity index (χ3n) is 5.73. The first-order valence-corrected chi connectivity index (χ1v) is 11.3. The van der Waals surface area contributed by atoms with Crippen molar-refractivity contribution in [2.24, 2.45) is 4.99 Å². The van der Waals surface area contributed by atoms with Crippen molar-refractivity contribution >= 4 is 5.96 Å². The monoisotopic (exact) mass is 442 g/mol. The Hall–Kier alpha value is -2.64. The van der Waals surface area contributed by atoms with E-state index >= 15 is 0 Å². The lowest BCUT2D eigenvalue weighted by molar-refractivity contribution is 0.0392. The molecule has 0 unspecified atom stereocenters. The number of nitrogens with one attached hydrogen (secondary N) is 2. The quantitative estimate of drug-likeness (QED) is 0.437. The van der Waals surface area contributed by atoms with Crippen molar-refractivity contribution in [3.05, 3.63) is 65.5 Å². The molecule has 174 valence electrons. The average molecular weight is 443 g/mol. The lowest BCUT2D eigenvalue weighted by Crippen LogP contribution is -2.38. The standard InChI is InChI=1S/C25H35FN4O2/c1-27-25(28-13-10-20-6-8-22(26)9-7-20)29-19-21-4-3-5-24(18-21)32-17-14-30(2)23-11-15-31-16-12-23/h3-9,18,23H,10-17,19H2,1-2H3,(H2,27,28,29). The van der Waals surface area contributed by atoms with Gasteiger partial charge in [-0.2, -0.15) is 0 Å². The first-order chi connectivity index (χ1) is 15.6. The van der Waals surface area contributed by atoms with Crippen molar-refractivity contribution < 1.29 is 13.9 Å². The van der Waals surface area contributed by atoms with Gasteiger partial charge in [0.05, 0.1) is 0 Å². The minimum absolute atomic E-state index is 0.211. The molecule has 1 heterocycles. The molecule has 1 aliphatic rings. The fourth-order valence-corrected chi connectivity index (χ4v) is 3.74.